The van der Waals surface area contributed by atoms with E-state index >= 15 is 0 Å². The van der Waals surface area contributed by atoms with E-state index in [1.54, 1.807) is 0 Å². The molecule has 2 aliphatic rings. The molecule has 2 N–H and O–H groups in total. The molecule has 2 aliphatic carbocycles. The molecular formula is C10H17FO2. The van der Waals surface area contributed by atoms with E-state index in [9.17, 15) is 4.39 Å². The number of alkyl halides is 1. The topological polar surface area (TPSA) is 40.5 Å². The zero-order valence-electron chi connectivity index (χ0n) is 7.69. The van der Waals surface area contributed by atoms with Gasteiger partial charge in [0.25, 0.3) is 0 Å². The van der Waals surface area contributed by atoms with Gasteiger partial charge in [-0.25, -0.2) is 4.39 Å². The van der Waals surface area contributed by atoms with Gasteiger partial charge in [-0.1, -0.05) is 0 Å². The molecule has 0 bridgehead atoms. The summed E-state index contributed by atoms with van der Waals surface area (Å²) in [5.74, 6) is 1.10. The van der Waals surface area contributed by atoms with Crippen LogP contribution in [0.3, 0.4) is 0 Å². The van der Waals surface area contributed by atoms with Gasteiger partial charge in [0.15, 0.2) is 6.29 Å². The van der Waals surface area contributed by atoms with Crippen LogP contribution < -0.4 is 0 Å². The Morgan fingerprint density at radius 3 is 2.15 bits per heavy atom. The van der Waals surface area contributed by atoms with Crippen molar-refractivity contribution in [1.82, 2.24) is 0 Å². The Morgan fingerprint density at radius 1 is 1.08 bits per heavy atom. The maximum Gasteiger partial charge on any atom is 0.154 e. The van der Waals surface area contributed by atoms with Crippen LogP contribution in [0.5, 0.6) is 0 Å². The van der Waals surface area contributed by atoms with E-state index in [-0.39, 0.29) is 5.92 Å². The summed E-state index contributed by atoms with van der Waals surface area (Å²) in [6.07, 6.45) is 2.41. The molecule has 2 rings (SSSR count). The van der Waals surface area contributed by atoms with Crippen LogP contribution in [-0.2, 0) is 0 Å². The van der Waals surface area contributed by atoms with Crippen molar-refractivity contribution < 1.29 is 14.6 Å². The molecule has 3 heteroatoms. The molecule has 2 atom stereocenters. The molecule has 0 saturated heterocycles. The molecule has 2 fully saturated rings. The number of aliphatic hydroxyl groups is 2. The molecule has 0 heterocycles. The third-order valence-corrected chi connectivity index (χ3v) is 3.58. The normalized spacial score (nSPS) is 45.2. The molecular weight excluding hydrogens is 171 g/mol. The molecule has 2 nitrogen and oxygen atoms in total. The van der Waals surface area contributed by atoms with Crippen LogP contribution in [0.2, 0.25) is 0 Å². The first-order valence-corrected chi connectivity index (χ1v) is 5.18. The van der Waals surface area contributed by atoms with Crippen molar-refractivity contribution >= 4 is 0 Å². The first kappa shape index (κ1) is 9.41. The van der Waals surface area contributed by atoms with Gasteiger partial charge in [-0.2, -0.15) is 0 Å². The molecule has 13 heavy (non-hydrogen) atoms. The zero-order chi connectivity index (χ0) is 9.42. The predicted molar refractivity (Wildman–Crippen MR) is 46.7 cm³/mol. The van der Waals surface area contributed by atoms with Gasteiger partial charge in [-0.05, 0) is 43.9 Å². The van der Waals surface area contributed by atoms with Crippen molar-refractivity contribution in [3.63, 3.8) is 0 Å². The van der Waals surface area contributed by atoms with Crippen molar-refractivity contribution in [3.8, 4) is 0 Å². The minimum absolute atomic E-state index is 0.0844. The lowest BCUT2D eigenvalue weighted by atomic mass is 9.84. The Morgan fingerprint density at radius 2 is 1.69 bits per heavy atom. The summed E-state index contributed by atoms with van der Waals surface area (Å²) >= 11 is 0. The number of aliphatic hydroxyl groups excluding tert-OH is 1. The summed E-state index contributed by atoms with van der Waals surface area (Å²) in [5.41, 5.74) is 0. The molecule has 0 radical (unpaired) electrons. The molecule has 0 aromatic carbocycles. The predicted octanol–water partition coefficient (Wildman–Crippen LogP) is 1.46. The zero-order valence-corrected chi connectivity index (χ0v) is 7.69. The van der Waals surface area contributed by atoms with Gasteiger partial charge < -0.3 is 10.2 Å². The minimum atomic E-state index is -1.15. The summed E-state index contributed by atoms with van der Waals surface area (Å²) in [6.45, 7) is 0. The van der Waals surface area contributed by atoms with E-state index in [0.29, 0.717) is 24.7 Å². The van der Waals surface area contributed by atoms with E-state index in [4.69, 9.17) is 10.2 Å². The smallest absolute Gasteiger partial charge is 0.154 e. The van der Waals surface area contributed by atoms with Crippen LogP contribution >= 0.6 is 0 Å². The highest BCUT2D eigenvalue weighted by molar-refractivity contribution is 4.94. The highest BCUT2D eigenvalue weighted by atomic mass is 19.1. The number of hydrogen-bond acceptors (Lipinski definition) is 2. The van der Waals surface area contributed by atoms with Crippen molar-refractivity contribution in [1.29, 1.82) is 0 Å². The fourth-order valence-electron chi connectivity index (χ4n) is 2.63. The second-order valence-electron chi connectivity index (χ2n) is 4.49. The Labute approximate surface area is 77.8 Å². The summed E-state index contributed by atoms with van der Waals surface area (Å²) in [4.78, 5) is 0. The Kier molecular flexibility index (Phi) is 2.56. The van der Waals surface area contributed by atoms with Gasteiger partial charge in [0.1, 0.15) is 6.17 Å². The number of halogens is 1. The standard InChI is InChI=1S/C10H17FO2/c11-7-3-1-6(2-4-7)8-5-9(8)10(12)13/h6-10,12-13H,1-5H2. The maximum atomic E-state index is 12.8. The fraction of sp³-hybridized carbons (Fsp3) is 1.00. The quantitative estimate of drug-likeness (QED) is 0.644. The Bertz CT molecular complexity index is 176. The molecule has 0 aliphatic heterocycles. The van der Waals surface area contributed by atoms with E-state index < -0.39 is 12.5 Å². The van der Waals surface area contributed by atoms with Gasteiger partial charge in [0, 0.05) is 5.92 Å². The SMILES string of the molecule is OC(O)C1CC1C1CCC(F)CC1. The van der Waals surface area contributed by atoms with Crippen molar-refractivity contribution in [2.45, 2.75) is 44.6 Å². The number of rotatable bonds is 2. The molecule has 76 valence electrons. The lowest BCUT2D eigenvalue weighted by Gasteiger charge is -2.24. The molecule has 2 unspecified atom stereocenters. The van der Waals surface area contributed by atoms with Gasteiger partial charge in [-0.3, -0.25) is 0 Å². The average molecular weight is 188 g/mol. The molecule has 0 aromatic heterocycles. The fourth-order valence-corrected chi connectivity index (χ4v) is 2.63. The highest BCUT2D eigenvalue weighted by Crippen LogP contribution is 2.50. The monoisotopic (exact) mass is 188 g/mol. The van der Waals surface area contributed by atoms with Crippen LogP contribution in [0.15, 0.2) is 0 Å². The van der Waals surface area contributed by atoms with Gasteiger partial charge >= 0.3 is 0 Å². The second kappa shape index (κ2) is 3.54. The second-order valence-corrected chi connectivity index (χ2v) is 4.49. The summed E-state index contributed by atoms with van der Waals surface area (Å²) < 4.78 is 12.8. The third kappa shape index (κ3) is 2.02. The van der Waals surface area contributed by atoms with E-state index in [2.05, 4.69) is 0 Å². The minimum Gasteiger partial charge on any atom is -0.368 e. The summed E-state index contributed by atoms with van der Waals surface area (Å²) in [7, 11) is 0. The lowest BCUT2D eigenvalue weighted by molar-refractivity contribution is -0.0628. The van der Waals surface area contributed by atoms with Crippen LogP contribution in [0.1, 0.15) is 32.1 Å². The van der Waals surface area contributed by atoms with Crippen molar-refractivity contribution in [2.75, 3.05) is 0 Å². The van der Waals surface area contributed by atoms with Gasteiger partial charge in [0.05, 0.1) is 0 Å². The van der Waals surface area contributed by atoms with Gasteiger partial charge in [-0.15, -0.1) is 0 Å². The molecule has 2 saturated carbocycles. The Hall–Kier alpha value is -0.150. The molecule has 0 spiro atoms. The average Bonchev–Trinajstić information content (AvgIpc) is 2.85. The maximum absolute atomic E-state index is 12.8. The Balaban J connectivity index is 1.78. The first-order chi connectivity index (χ1) is 6.18. The largest absolute Gasteiger partial charge is 0.368 e. The summed E-state index contributed by atoms with van der Waals surface area (Å²) in [6, 6.07) is 0. The number of hydrogen-bond donors (Lipinski definition) is 2. The van der Waals surface area contributed by atoms with Crippen LogP contribution in [-0.4, -0.2) is 22.7 Å². The van der Waals surface area contributed by atoms with Crippen LogP contribution in [0.4, 0.5) is 4.39 Å². The van der Waals surface area contributed by atoms with Gasteiger partial charge in [0.2, 0.25) is 0 Å². The first-order valence-electron chi connectivity index (χ1n) is 5.18. The summed E-state index contributed by atoms with van der Waals surface area (Å²) in [5, 5.41) is 17.9. The van der Waals surface area contributed by atoms with E-state index in [1.165, 1.54) is 0 Å². The van der Waals surface area contributed by atoms with Crippen molar-refractivity contribution in [2.24, 2.45) is 17.8 Å². The molecule has 0 amide bonds. The van der Waals surface area contributed by atoms with E-state index in [1.807, 2.05) is 0 Å². The third-order valence-electron chi connectivity index (χ3n) is 3.58. The van der Waals surface area contributed by atoms with E-state index in [0.717, 1.165) is 19.3 Å². The van der Waals surface area contributed by atoms with Crippen LogP contribution in [0.25, 0.3) is 0 Å². The molecule has 0 aromatic rings. The highest BCUT2D eigenvalue weighted by Gasteiger charge is 2.47. The van der Waals surface area contributed by atoms with Crippen molar-refractivity contribution in [3.05, 3.63) is 0 Å². The van der Waals surface area contributed by atoms with Crippen LogP contribution in [0, 0.1) is 17.8 Å². The lowest BCUT2D eigenvalue weighted by Crippen LogP contribution is -2.19.